The largest absolute Gasteiger partial charge is 0.368 e. The van der Waals surface area contributed by atoms with Crippen molar-refractivity contribution in [3.63, 3.8) is 0 Å². The number of likely N-dealkylation sites (N-methyl/N-ethyl adjacent to an activating group) is 1. The SMILES string of the molecule is CN1CCN(c2cc(Cl)ccc2C=C2SCCN(c3ccc(Cl)c(Cl)c3)C2=O)CC1. The molecule has 0 atom stereocenters. The van der Waals surface area contributed by atoms with Crippen LogP contribution in [0.25, 0.3) is 6.08 Å². The molecule has 0 aliphatic carbocycles. The Hall–Kier alpha value is -1.37. The van der Waals surface area contributed by atoms with Crippen LogP contribution in [0.15, 0.2) is 41.3 Å². The summed E-state index contributed by atoms with van der Waals surface area (Å²) in [6, 6.07) is 11.2. The van der Waals surface area contributed by atoms with Gasteiger partial charge in [-0.25, -0.2) is 0 Å². The second-order valence-electron chi connectivity index (χ2n) is 7.41. The zero-order chi connectivity index (χ0) is 21.3. The van der Waals surface area contributed by atoms with E-state index in [1.165, 1.54) is 0 Å². The zero-order valence-electron chi connectivity index (χ0n) is 16.6. The smallest absolute Gasteiger partial charge is 0.264 e. The van der Waals surface area contributed by atoms with Gasteiger partial charge in [-0.05, 0) is 49.0 Å². The molecule has 4 nitrogen and oxygen atoms in total. The first-order valence-electron chi connectivity index (χ1n) is 9.77. The highest BCUT2D eigenvalue weighted by atomic mass is 35.5. The minimum absolute atomic E-state index is 0.0242. The Morgan fingerprint density at radius 2 is 1.70 bits per heavy atom. The van der Waals surface area contributed by atoms with Gasteiger partial charge in [-0.15, -0.1) is 11.8 Å². The Bertz CT molecular complexity index is 990. The number of anilines is 2. The quantitative estimate of drug-likeness (QED) is 0.538. The Morgan fingerprint density at radius 1 is 0.933 bits per heavy atom. The van der Waals surface area contributed by atoms with Crippen molar-refractivity contribution in [1.82, 2.24) is 4.90 Å². The van der Waals surface area contributed by atoms with Crippen molar-refractivity contribution in [3.05, 3.63) is 61.9 Å². The lowest BCUT2D eigenvalue weighted by Crippen LogP contribution is -2.44. The Labute approximate surface area is 196 Å². The summed E-state index contributed by atoms with van der Waals surface area (Å²) in [7, 11) is 2.13. The number of carbonyl (C=O) groups is 1. The molecule has 8 heteroatoms. The molecule has 2 aromatic carbocycles. The van der Waals surface area contributed by atoms with E-state index in [0.717, 1.165) is 48.9 Å². The van der Waals surface area contributed by atoms with E-state index in [2.05, 4.69) is 16.8 Å². The number of amides is 1. The third kappa shape index (κ3) is 4.76. The number of thioether (sulfide) groups is 1. The summed E-state index contributed by atoms with van der Waals surface area (Å²) in [5, 5.41) is 1.62. The van der Waals surface area contributed by atoms with E-state index in [9.17, 15) is 4.79 Å². The fourth-order valence-corrected chi connectivity index (χ4v) is 5.04. The van der Waals surface area contributed by atoms with Gasteiger partial charge in [-0.3, -0.25) is 4.79 Å². The molecule has 2 fully saturated rings. The topological polar surface area (TPSA) is 26.8 Å². The molecule has 2 aliphatic heterocycles. The van der Waals surface area contributed by atoms with Gasteiger partial charge in [-0.2, -0.15) is 0 Å². The van der Waals surface area contributed by atoms with E-state index in [-0.39, 0.29) is 5.91 Å². The fraction of sp³-hybridized carbons (Fsp3) is 0.318. The molecule has 2 saturated heterocycles. The van der Waals surface area contributed by atoms with E-state index >= 15 is 0 Å². The standard InChI is InChI=1S/C22H22Cl3N3OS/c1-26-6-8-27(9-7-26)20-13-16(23)3-2-15(20)12-21-22(29)28(10-11-30-21)17-4-5-18(24)19(25)14-17/h2-5,12-14H,6-11H2,1H3. The summed E-state index contributed by atoms with van der Waals surface area (Å²) in [5.41, 5.74) is 2.84. The van der Waals surface area contributed by atoms with Crippen molar-refractivity contribution in [2.75, 3.05) is 55.3 Å². The maximum Gasteiger partial charge on any atom is 0.264 e. The number of rotatable bonds is 3. The molecule has 0 aromatic heterocycles. The molecule has 0 radical (unpaired) electrons. The first-order chi connectivity index (χ1) is 14.4. The van der Waals surface area contributed by atoms with Crippen LogP contribution in [0.2, 0.25) is 15.1 Å². The molecule has 2 heterocycles. The second kappa shape index (κ2) is 9.41. The number of hydrogen-bond donors (Lipinski definition) is 0. The van der Waals surface area contributed by atoms with Gasteiger partial charge in [0, 0.05) is 54.9 Å². The van der Waals surface area contributed by atoms with Gasteiger partial charge in [0.2, 0.25) is 0 Å². The van der Waals surface area contributed by atoms with E-state index in [0.29, 0.717) is 26.5 Å². The van der Waals surface area contributed by atoms with Crippen LogP contribution in [0.4, 0.5) is 11.4 Å². The zero-order valence-corrected chi connectivity index (χ0v) is 19.7. The van der Waals surface area contributed by atoms with Crippen molar-refractivity contribution in [2.45, 2.75) is 0 Å². The average Bonchev–Trinajstić information content (AvgIpc) is 2.73. The van der Waals surface area contributed by atoms with E-state index < -0.39 is 0 Å². The van der Waals surface area contributed by atoms with Crippen molar-refractivity contribution in [3.8, 4) is 0 Å². The first kappa shape index (κ1) is 21.8. The summed E-state index contributed by atoms with van der Waals surface area (Å²) in [5.74, 6) is 0.791. The number of carbonyl (C=O) groups excluding carboxylic acids is 1. The maximum absolute atomic E-state index is 13.2. The van der Waals surface area contributed by atoms with Crippen LogP contribution in [-0.2, 0) is 4.79 Å². The number of benzene rings is 2. The highest BCUT2D eigenvalue weighted by molar-refractivity contribution is 8.04. The molecule has 30 heavy (non-hydrogen) atoms. The van der Waals surface area contributed by atoms with Gasteiger partial charge < -0.3 is 14.7 Å². The summed E-state index contributed by atoms with van der Waals surface area (Å²) < 4.78 is 0. The lowest BCUT2D eigenvalue weighted by atomic mass is 10.1. The Kier molecular flexibility index (Phi) is 6.85. The van der Waals surface area contributed by atoms with Gasteiger partial charge in [0.1, 0.15) is 0 Å². The lowest BCUT2D eigenvalue weighted by Gasteiger charge is -2.35. The molecule has 4 rings (SSSR count). The van der Waals surface area contributed by atoms with Crippen molar-refractivity contribution in [2.24, 2.45) is 0 Å². The molecule has 0 N–H and O–H groups in total. The Morgan fingerprint density at radius 3 is 2.43 bits per heavy atom. The molecule has 2 aliphatic rings. The molecule has 0 bridgehead atoms. The number of piperazine rings is 1. The highest BCUT2D eigenvalue weighted by Crippen LogP contribution is 2.35. The van der Waals surface area contributed by atoms with Gasteiger partial charge in [-0.1, -0.05) is 40.9 Å². The van der Waals surface area contributed by atoms with Gasteiger partial charge in [0.15, 0.2) is 0 Å². The van der Waals surface area contributed by atoms with Gasteiger partial charge in [0.25, 0.3) is 5.91 Å². The van der Waals surface area contributed by atoms with E-state index in [4.69, 9.17) is 34.8 Å². The summed E-state index contributed by atoms with van der Waals surface area (Å²) in [6.45, 7) is 4.50. The minimum atomic E-state index is -0.0242. The van der Waals surface area contributed by atoms with E-state index in [1.54, 1.807) is 28.8 Å². The van der Waals surface area contributed by atoms with Crippen molar-refractivity contribution < 1.29 is 4.79 Å². The summed E-state index contributed by atoms with van der Waals surface area (Å²) >= 11 is 20.1. The molecule has 0 saturated carbocycles. The van der Waals surface area contributed by atoms with Crippen molar-refractivity contribution >= 4 is 69.9 Å². The minimum Gasteiger partial charge on any atom is -0.368 e. The molecule has 2 aromatic rings. The van der Waals surface area contributed by atoms with Crippen LogP contribution in [0.1, 0.15) is 5.56 Å². The van der Waals surface area contributed by atoms with Crippen LogP contribution in [0, 0.1) is 0 Å². The normalized spacial score (nSPS) is 19.6. The number of hydrogen-bond acceptors (Lipinski definition) is 4. The molecular weight excluding hydrogens is 461 g/mol. The number of halogens is 3. The molecule has 0 unspecified atom stereocenters. The second-order valence-corrected chi connectivity index (χ2v) is 9.79. The predicted molar refractivity (Wildman–Crippen MR) is 130 cm³/mol. The third-order valence-electron chi connectivity index (χ3n) is 5.37. The van der Waals surface area contributed by atoms with Crippen LogP contribution >= 0.6 is 46.6 Å². The predicted octanol–water partition coefficient (Wildman–Crippen LogP) is 5.52. The lowest BCUT2D eigenvalue weighted by molar-refractivity contribution is -0.114. The van der Waals surface area contributed by atoms with Gasteiger partial charge in [0.05, 0.1) is 15.0 Å². The molecular formula is C22H22Cl3N3OS. The summed E-state index contributed by atoms with van der Waals surface area (Å²) in [4.78, 5) is 20.4. The first-order valence-corrected chi connectivity index (χ1v) is 11.9. The molecule has 1 amide bonds. The fourth-order valence-electron chi connectivity index (χ4n) is 3.65. The maximum atomic E-state index is 13.2. The highest BCUT2D eigenvalue weighted by Gasteiger charge is 2.26. The van der Waals surface area contributed by atoms with Crippen LogP contribution in [0.5, 0.6) is 0 Å². The number of nitrogens with zero attached hydrogens (tertiary/aromatic N) is 3. The van der Waals surface area contributed by atoms with Crippen LogP contribution in [0.3, 0.4) is 0 Å². The third-order valence-corrected chi connectivity index (χ3v) is 7.33. The average molecular weight is 483 g/mol. The monoisotopic (exact) mass is 481 g/mol. The van der Waals surface area contributed by atoms with Crippen molar-refractivity contribution in [1.29, 1.82) is 0 Å². The van der Waals surface area contributed by atoms with Crippen LogP contribution in [-0.4, -0.2) is 56.3 Å². The Balaban J connectivity index is 1.64. The molecule has 0 spiro atoms. The van der Waals surface area contributed by atoms with Crippen LogP contribution < -0.4 is 9.80 Å². The summed E-state index contributed by atoms with van der Waals surface area (Å²) in [6.07, 6.45) is 1.99. The molecule has 158 valence electrons. The van der Waals surface area contributed by atoms with E-state index in [1.807, 2.05) is 30.3 Å². The van der Waals surface area contributed by atoms with Gasteiger partial charge >= 0.3 is 0 Å².